The van der Waals surface area contributed by atoms with Gasteiger partial charge in [-0.15, -0.1) is 13.2 Å². The third kappa shape index (κ3) is 9.72. The van der Waals surface area contributed by atoms with Gasteiger partial charge in [-0.2, -0.15) is 0 Å². The smallest absolute Gasteiger partial charge is 0.406 e. The van der Waals surface area contributed by atoms with Gasteiger partial charge in [0.15, 0.2) is 0 Å². The number of halogens is 3. The van der Waals surface area contributed by atoms with Crippen molar-refractivity contribution in [2.24, 2.45) is 0 Å². The average molecular weight is 1050 g/mol. The van der Waals surface area contributed by atoms with Crippen LogP contribution in [-0.2, 0) is 29.6 Å². The second kappa shape index (κ2) is 18.7. The van der Waals surface area contributed by atoms with E-state index in [-0.39, 0.29) is 48.7 Å². The van der Waals surface area contributed by atoms with Gasteiger partial charge in [-0.05, 0) is 113 Å². The van der Waals surface area contributed by atoms with Gasteiger partial charge in [0.25, 0.3) is 0 Å². The Morgan fingerprint density at radius 3 is 1.62 bits per heavy atom. The summed E-state index contributed by atoms with van der Waals surface area (Å²) in [7, 11) is -6.67. The summed E-state index contributed by atoms with van der Waals surface area (Å²) in [5, 5.41) is 11.1. The average Bonchev–Trinajstić information content (AvgIpc) is 4.18. The van der Waals surface area contributed by atoms with Crippen molar-refractivity contribution in [1.29, 1.82) is 0 Å². The highest BCUT2D eigenvalue weighted by atomic mass is 32.2. The molecule has 4 aliphatic rings. The minimum absolute atomic E-state index is 0.0178. The highest BCUT2D eigenvalue weighted by Gasteiger charge is 2.41. The lowest BCUT2D eigenvalue weighted by molar-refractivity contribution is -0.274. The van der Waals surface area contributed by atoms with E-state index in [2.05, 4.69) is 24.9 Å². The Balaban J connectivity index is 0.000000175. The number of aromatic nitrogens is 6. The minimum atomic E-state index is -4.83. The fraction of sp³-hybridized carbons (Fsp3) is 0.429. The molecule has 0 bridgehead atoms. The van der Waals surface area contributed by atoms with E-state index in [9.17, 15) is 39.6 Å². The highest BCUT2D eigenvalue weighted by Crippen LogP contribution is 2.43. The SMILES string of the molecule is Cc1noc(C)c1-c1ccc2c(c1)nc([C@@H]1CCC(=O)N1)n2[C@@H]1CCN(S(C)(=O)=O)C1.Cc1noc(C)c1-c1ccc2c(c1)nc([C@@H]1CCC(=O)N1c1ccc(OC(F)(F)F)cc1)n2[C@@H]1CCN(S(C)(=O)=O)C1. The standard InChI is InChI=1S/C28H28F3N5O5S.C21H25N5O4S/c1-16-26(17(2)41-33-16)18-4-9-23-22(14-18)32-27(36(23)20-12-13-34(15-20)42(3,38)39)24-10-11-25(37)35(24)19-5-7-21(8-6-19)40-28(29,30)31;1-12-20(13(2)30-24-12)14-4-6-18-17(10-14)23-21(16-5-7-19(27)22-16)26(18)15-8-9-25(11-15)31(3,28)29/h4-9,14,20,24H,10-13,15H2,1-3H3;4,6,10,15-16H,5,7-9,11H2,1-3H3,(H,22,27)/t20-,24+;15-,16+/m11/s1. The van der Waals surface area contributed by atoms with Crippen molar-refractivity contribution in [1.82, 2.24) is 43.3 Å². The fourth-order valence-corrected chi connectivity index (χ4v) is 12.7. The lowest BCUT2D eigenvalue weighted by Crippen LogP contribution is -2.31. The van der Waals surface area contributed by atoms with Gasteiger partial charge in [-0.1, -0.05) is 22.4 Å². The molecule has 0 saturated carbocycles. The third-order valence-corrected chi connectivity index (χ3v) is 16.7. The number of fused-ring (bicyclic) bond motifs is 2. The van der Waals surface area contributed by atoms with Crippen molar-refractivity contribution < 1.29 is 53.4 Å². The van der Waals surface area contributed by atoms with E-state index in [1.165, 1.54) is 45.4 Å². The number of rotatable bonds is 10. The Kier molecular flexibility index (Phi) is 12.8. The van der Waals surface area contributed by atoms with Gasteiger partial charge in [0.1, 0.15) is 28.9 Å². The molecule has 24 heteroatoms. The molecular formula is C49H53F3N10O9S2. The molecule has 4 saturated heterocycles. The maximum Gasteiger partial charge on any atom is 0.573 e. The number of alkyl halides is 3. The summed E-state index contributed by atoms with van der Waals surface area (Å²) in [6, 6.07) is 16.1. The van der Waals surface area contributed by atoms with Crippen molar-refractivity contribution in [3.8, 4) is 28.0 Å². The Hall–Kier alpha value is -6.63. The lowest BCUT2D eigenvalue weighted by Gasteiger charge is -2.27. The van der Waals surface area contributed by atoms with Crippen LogP contribution in [0, 0.1) is 27.7 Å². The van der Waals surface area contributed by atoms with Crippen LogP contribution >= 0.6 is 0 Å². The molecule has 3 aromatic carbocycles. The number of sulfonamides is 2. The first-order valence-electron chi connectivity index (χ1n) is 23.8. The quantitative estimate of drug-likeness (QED) is 0.139. The molecule has 11 rings (SSSR count). The van der Waals surface area contributed by atoms with E-state index in [0.717, 1.165) is 61.8 Å². The third-order valence-electron chi connectivity index (χ3n) is 14.2. The maximum absolute atomic E-state index is 13.2. The minimum Gasteiger partial charge on any atom is -0.406 e. The first-order valence-corrected chi connectivity index (χ1v) is 27.5. The largest absolute Gasteiger partial charge is 0.573 e. The van der Waals surface area contributed by atoms with Crippen LogP contribution in [0.2, 0.25) is 0 Å². The molecule has 2 amide bonds. The lowest BCUT2D eigenvalue weighted by atomic mass is 10.0. The molecule has 4 aromatic heterocycles. The first kappa shape index (κ1) is 49.9. The van der Waals surface area contributed by atoms with Crippen molar-refractivity contribution >= 4 is 59.6 Å². The number of aryl methyl sites for hydroxylation is 4. The van der Waals surface area contributed by atoms with Gasteiger partial charge in [0.2, 0.25) is 31.9 Å². The summed E-state index contributed by atoms with van der Waals surface area (Å²) in [6.45, 7) is 8.98. The van der Waals surface area contributed by atoms with E-state index in [1.54, 1.807) is 4.90 Å². The summed E-state index contributed by atoms with van der Waals surface area (Å²) in [5.41, 5.74) is 8.80. The Bertz CT molecular complexity index is 3490. The van der Waals surface area contributed by atoms with Gasteiger partial charge in [-0.25, -0.2) is 35.4 Å². The van der Waals surface area contributed by atoms with Gasteiger partial charge in [0, 0.05) is 55.8 Å². The molecule has 19 nitrogen and oxygen atoms in total. The van der Waals surface area contributed by atoms with E-state index in [1.807, 2.05) is 68.7 Å². The van der Waals surface area contributed by atoms with Crippen LogP contribution < -0.4 is 15.0 Å². The number of benzene rings is 3. The molecule has 4 aliphatic heterocycles. The van der Waals surface area contributed by atoms with Crippen LogP contribution in [0.25, 0.3) is 44.3 Å². The molecule has 0 aliphatic carbocycles. The van der Waals surface area contributed by atoms with Crippen LogP contribution in [-0.4, -0.2) is 112 Å². The number of hydrogen-bond donors (Lipinski definition) is 1. The fourth-order valence-electron chi connectivity index (χ4n) is 10.9. The molecule has 7 aromatic rings. The zero-order chi connectivity index (χ0) is 51.9. The van der Waals surface area contributed by atoms with Crippen molar-refractivity contribution in [2.45, 2.75) is 96.7 Å². The molecule has 0 unspecified atom stereocenters. The van der Waals surface area contributed by atoms with E-state index in [0.29, 0.717) is 74.5 Å². The molecule has 4 fully saturated rings. The Morgan fingerprint density at radius 1 is 0.671 bits per heavy atom. The van der Waals surface area contributed by atoms with Crippen LogP contribution in [0.15, 0.2) is 69.7 Å². The summed E-state index contributed by atoms with van der Waals surface area (Å²) < 4.78 is 109. The number of anilines is 1. The summed E-state index contributed by atoms with van der Waals surface area (Å²) in [4.78, 5) is 36.5. The summed E-state index contributed by atoms with van der Waals surface area (Å²) in [5.74, 6) is 2.23. The number of nitrogens with one attached hydrogen (secondary N) is 1. The molecule has 73 heavy (non-hydrogen) atoms. The molecule has 0 spiro atoms. The first-order chi connectivity index (χ1) is 34.5. The number of nitrogens with zero attached hydrogens (tertiary/aromatic N) is 9. The predicted molar refractivity (Wildman–Crippen MR) is 262 cm³/mol. The monoisotopic (exact) mass is 1050 g/mol. The second-order valence-electron chi connectivity index (χ2n) is 19.1. The number of carbonyl (C=O) groups is 2. The number of ether oxygens (including phenoxy) is 1. The Morgan fingerprint density at radius 2 is 1.18 bits per heavy atom. The molecule has 1 N–H and O–H groups in total. The van der Waals surface area contributed by atoms with Crippen molar-refractivity contribution in [3.63, 3.8) is 0 Å². The van der Waals surface area contributed by atoms with E-state index >= 15 is 0 Å². The van der Waals surface area contributed by atoms with Crippen molar-refractivity contribution in [2.75, 3.05) is 43.6 Å². The zero-order valence-corrected chi connectivity index (χ0v) is 42.4. The molecule has 8 heterocycles. The van der Waals surface area contributed by atoms with Crippen LogP contribution in [0.5, 0.6) is 5.75 Å². The molecule has 386 valence electrons. The van der Waals surface area contributed by atoms with Gasteiger partial charge in [-0.3, -0.25) is 9.59 Å². The topological polar surface area (TPSA) is 221 Å². The van der Waals surface area contributed by atoms with E-state index < -0.39 is 32.5 Å². The van der Waals surface area contributed by atoms with Crippen LogP contribution in [0.4, 0.5) is 18.9 Å². The Labute approximate surface area is 418 Å². The molecule has 0 radical (unpaired) electrons. The normalized spacial score (nSPS) is 21.2. The molecular weight excluding hydrogens is 994 g/mol. The number of hydrogen-bond acceptors (Lipinski definition) is 13. The number of imidazole rings is 2. The summed E-state index contributed by atoms with van der Waals surface area (Å²) in [6.07, 6.45) is 0.666. The summed E-state index contributed by atoms with van der Waals surface area (Å²) >= 11 is 0. The predicted octanol–water partition coefficient (Wildman–Crippen LogP) is 7.75. The van der Waals surface area contributed by atoms with Gasteiger partial charge < -0.3 is 33.1 Å². The van der Waals surface area contributed by atoms with Crippen LogP contribution in [0.1, 0.15) is 97.2 Å². The number of carbonyl (C=O) groups excluding carboxylic acids is 2. The molecule has 4 atom stereocenters. The second-order valence-corrected chi connectivity index (χ2v) is 23.1. The van der Waals surface area contributed by atoms with Gasteiger partial charge in [0.05, 0.1) is 70.1 Å². The highest BCUT2D eigenvalue weighted by molar-refractivity contribution is 7.88. The van der Waals surface area contributed by atoms with E-state index in [4.69, 9.17) is 19.0 Å². The zero-order valence-electron chi connectivity index (χ0n) is 40.8. The van der Waals surface area contributed by atoms with Crippen molar-refractivity contribution in [3.05, 3.63) is 95.2 Å². The number of amides is 2. The van der Waals surface area contributed by atoms with Gasteiger partial charge >= 0.3 is 6.36 Å². The van der Waals surface area contributed by atoms with Crippen LogP contribution in [0.3, 0.4) is 0 Å². The maximum atomic E-state index is 13.2.